The van der Waals surface area contributed by atoms with Gasteiger partial charge in [-0.2, -0.15) is 0 Å². The molecule has 7 heteroatoms. The van der Waals surface area contributed by atoms with Gasteiger partial charge in [0, 0.05) is 0 Å². The first-order valence-electron chi connectivity index (χ1n) is 8.05. The highest BCUT2D eigenvalue weighted by molar-refractivity contribution is 5.91. The van der Waals surface area contributed by atoms with Gasteiger partial charge in [-0.05, 0) is 38.1 Å². The van der Waals surface area contributed by atoms with E-state index in [2.05, 4.69) is 10.3 Å². The Morgan fingerprint density at radius 3 is 2.80 bits per heavy atom. The van der Waals surface area contributed by atoms with E-state index in [1.807, 2.05) is 31.2 Å². The number of fused-ring (bicyclic) bond motifs is 1. The number of para-hydroxylation sites is 2. The second-order valence-corrected chi connectivity index (χ2v) is 5.52. The van der Waals surface area contributed by atoms with Crippen LogP contribution in [-0.2, 0) is 16.1 Å². The topological polar surface area (TPSA) is 86.4 Å². The lowest BCUT2D eigenvalue weighted by Gasteiger charge is -2.15. The highest BCUT2D eigenvalue weighted by Crippen LogP contribution is 2.21. The van der Waals surface area contributed by atoms with Crippen molar-refractivity contribution in [3.05, 3.63) is 54.2 Å². The molecule has 3 rings (SSSR count). The first-order chi connectivity index (χ1) is 12.1. The van der Waals surface area contributed by atoms with E-state index in [9.17, 15) is 9.59 Å². The van der Waals surface area contributed by atoms with Crippen molar-refractivity contribution in [3.63, 3.8) is 0 Å². The average molecular weight is 341 g/mol. The smallest absolute Gasteiger partial charge is 0.326 e. The Kier molecular flexibility index (Phi) is 4.83. The number of ether oxygens (including phenoxy) is 1. The number of benzene rings is 1. The van der Waals surface area contributed by atoms with E-state index in [4.69, 9.17) is 9.15 Å². The zero-order valence-corrected chi connectivity index (χ0v) is 14.1. The van der Waals surface area contributed by atoms with E-state index in [-0.39, 0.29) is 24.2 Å². The van der Waals surface area contributed by atoms with Crippen LogP contribution in [0, 0.1) is 0 Å². The quantitative estimate of drug-likeness (QED) is 0.697. The molecule has 1 atom stereocenters. The Hall–Kier alpha value is -3.09. The molecule has 0 aliphatic heterocycles. The summed E-state index contributed by atoms with van der Waals surface area (Å²) < 4.78 is 11.9. The van der Waals surface area contributed by atoms with Gasteiger partial charge in [0.05, 0.1) is 29.9 Å². The molecule has 0 fully saturated rings. The summed E-state index contributed by atoms with van der Waals surface area (Å²) in [5.74, 6) is 0.109. The first kappa shape index (κ1) is 16.8. The van der Waals surface area contributed by atoms with E-state index in [1.165, 1.54) is 6.26 Å². The third-order valence-corrected chi connectivity index (χ3v) is 3.76. The van der Waals surface area contributed by atoms with Crippen molar-refractivity contribution < 1.29 is 18.7 Å². The van der Waals surface area contributed by atoms with Crippen LogP contribution < -0.4 is 5.32 Å². The van der Waals surface area contributed by atoms with Gasteiger partial charge in [0.15, 0.2) is 5.76 Å². The van der Waals surface area contributed by atoms with Gasteiger partial charge in [0.25, 0.3) is 5.91 Å². The molecule has 0 unspecified atom stereocenters. The minimum atomic E-state index is -0.417. The van der Waals surface area contributed by atoms with Gasteiger partial charge < -0.3 is 19.0 Å². The maximum Gasteiger partial charge on any atom is 0.326 e. The Bertz CT molecular complexity index is 883. The molecule has 0 saturated carbocycles. The molecular formula is C18H19N3O4. The van der Waals surface area contributed by atoms with Gasteiger partial charge >= 0.3 is 5.97 Å². The fraction of sp³-hybridized carbons (Fsp3) is 0.278. The van der Waals surface area contributed by atoms with E-state index < -0.39 is 6.04 Å². The van der Waals surface area contributed by atoms with Crippen LogP contribution in [0.1, 0.15) is 36.3 Å². The first-order valence-corrected chi connectivity index (χ1v) is 8.05. The molecule has 0 aliphatic rings. The number of amides is 1. The summed E-state index contributed by atoms with van der Waals surface area (Å²) in [5, 5.41) is 2.84. The third-order valence-electron chi connectivity index (χ3n) is 3.76. The summed E-state index contributed by atoms with van der Waals surface area (Å²) in [7, 11) is 0. The molecule has 0 spiro atoms. The Balaban J connectivity index is 1.91. The molecule has 0 saturated heterocycles. The van der Waals surface area contributed by atoms with Gasteiger partial charge in [-0.25, -0.2) is 4.98 Å². The fourth-order valence-corrected chi connectivity index (χ4v) is 2.67. The van der Waals surface area contributed by atoms with Gasteiger partial charge in [-0.15, -0.1) is 0 Å². The molecule has 25 heavy (non-hydrogen) atoms. The number of hydrogen-bond donors (Lipinski definition) is 1. The van der Waals surface area contributed by atoms with Gasteiger partial charge in [0.1, 0.15) is 12.4 Å². The number of carbonyl (C=O) groups is 2. The minimum absolute atomic E-state index is 0.0324. The Morgan fingerprint density at radius 2 is 2.08 bits per heavy atom. The van der Waals surface area contributed by atoms with Crippen LogP contribution in [0.2, 0.25) is 0 Å². The molecule has 130 valence electrons. The van der Waals surface area contributed by atoms with E-state index >= 15 is 0 Å². The molecule has 0 bridgehead atoms. The number of imidazole rings is 1. The molecular weight excluding hydrogens is 322 g/mol. The van der Waals surface area contributed by atoms with Crippen molar-refractivity contribution in [2.75, 3.05) is 6.61 Å². The number of furan rings is 1. The number of aromatic nitrogens is 2. The molecule has 2 heterocycles. The number of nitrogens with zero attached hydrogens (tertiary/aromatic N) is 2. The average Bonchev–Trinajstić information content (AvgIpc) is 3.23. The van der Waals surface area contributed by atoms with Crippen LogP contribution in [0.3, 0.4) is 0 Å². The van der Waals surface area contributed by atoms with Gasteiger partial charge in [-0.1, -0.05) is 12.1 Å². The normalized spacial score (nSPS) is 12.1. The number of hydrogen-bond acceptors (Lipinski definition) is 5. The zero-order valence-electron chi connectivity index (χ0n) is 14.1. The summed E-state index contributed by atoms with van der Waals surface area (Å²) in [6.07, 6.45) is 1.44. The largest absolute Gasteiger partial charge is 0.465 e. The highest BCUT2D eigenvalue weighted by atomic mass is 16.5. The molecule has 2 aromatic heterocycles. The molecule has 1 N–H and O–H groups in total. The van der Waals surface area contributed by atoms with Gasteiger partial charge in [-0.3, -0.25) is 9.59 Å². The summed E-state index contributed by atoms with van der Waals surface area (Å²) in [4.78, 5) is 28.7. The lowest BCUT2D eigenvalue weighted by Crippen LogP contribution is -2.29. The van der Waals surface area contributed by atoms with Crippen molar-refractivity contribution in [1.29, 1.82) is 0 Å². The van der Waals surface area contributed by atoms with E-state index in [1.54, 1.807) is 23.6 Å². The van der Waals surface area contributed by atoms with Crippen molar-refractivity contribution >= 4 is 22.9 Å². The van der Waals surface area contributed by atoms with E-state index in [0.717, 1.165) is 11.0 Å². The van der Waals surface area contributed by atoms with Crippen molar-refractivity contribution in [2.45, 2.75) is 26.4 Å². The SMILES string of the molecule is CCOC(=O)Cn1c([C@@H](C)NC(=O)c2ccco2)nc2ccccc21. The predicted octanol–water partition coefficient (Wildman–Crippen LogP) is 2.68. The van der Waals surface area contributed by atoms with Gasteiger partial charge in [0.2, 0.25) is 0 Å². The molecule has 0 aliphatic carbocycles. The molecule has 1 amide bonds. The lowest BCUT2D eigenvalue weighted by atomic mass is 10.3. The number of nitrogens with one attached hydrogen (secondary N) is 1. The van der Waals surface area contributed by atoms with E-state index in [0.29, 0.717) is 12.4 Å². The third kappa shape index (κ3) is 3.55. The zero-order chi connectivity index (χ0) is 17.8. The van der Waals surface area contributed by atoms with Crippen LogP contribution in [-0.4, -0.2) is 28.0 Å². The van der Waals surface area contributed by atoms with Crippen LogP contribution in [0.15, 0.2) is 47.1 Å². The fourth-order valence-electron chi connectivity index (χ4n) is 2.67. The molecule has 1 aromatic carbocycles. The maximum absolute atomic E-state index is 12.2. The molecule has 7 nitrogen and oxygen atoms in total. The second-order valence-electron chi connectivity index (χ2n) is 5.52. The summed E-state index contributed by atoms with van der Waals surface area (Å²) >= 11 is 0. The standard InChI is InChI=1S/C18H19N3O4/c1-3-24-16(22)11-21-14-8-5-4-7-13(14)20-17(21)12(2)19-18(23)15-9-6-10-25-15/h4-10,12H,3,11H2,1-2H3,(H,19,23)/t12-/m1/s1. The second kappa shape index (κ2) is 7.21. The summed E-state index contributed by atoms with van der Waals surface area (Å²) in [6.45, 7) is 3.91. The van der Waals surface area contributed by atoms with Crippen LogP contribution in [0.25, 0.3) is 11.0 Å². The monoisotopic (exact) mass is 341 g/mol. The van der Waals surface area contributed by atoms with Crippen LogP contribution in [0.4, 0.5) is 0 Å². The van der Waals surface area contributed by atoms with Crippen LogP contribution >= 0.6 is 0 Å². The molecule has 0 radical (unpaired) electrons. The van der Waals surface area contributed by atoms with Crippen LogP contribution in [0.5, 0.6) is 0 Å². The van der Waals surface area contributed by atoms with Crippen molar-refractivity contribution in [3.8, 4) is 0 Å². The summed E-state index contributed by atoms with van der Waals surface area (Å²) in [6, 6.07) is 10.3. The Labute approximate surface area is 144 Å². The maximum atomic E-state index is 12.2. The van der Waals surface area contributed by atoms with Crippen molar-refractivity contribution in [2.24, 2.45) is 0 Å². The minimum Gasteiger partial charge on any atom is -0.465 e. The number of rotatable bonds is 6. The highest BCUT2D eigenvalue weighted by Gasteiger charge is 2.21. The lowest BCUT2D eigenvalue weighted by molar-refractivity contribution is -0.143. The predicted molar refractivity (Wildman–Crippen MR) is 91.0 cm³/mol. The number of carbonyl (C=O) groups excluding carboxylic acids is 2. The van der Waals surface area contributed by atoms with Crippen molar-refractivity contribution in [1.82, 2.24) is 14.9 Å². The molecule has 3 aromatic rings. The summed E-state index contributed by atoms with van der Waals surface area (Å²) in [5.41, 5.74) is 1.56. The Morgan fingerprint density at radius 1 is 1.28 bits per heavy atom. The number of esters is 1.